The number of ether oxygens (including phenoxy) is 3. The van der Waals surface area contributed by atoms with Gasteiger partial charge in [0.05, 0.1) is 20.8 Å². The number of aliphatic hydroxyl groups excluding tert-OH is 1. The van der Waals surface area contributed by atoms with E-state index in [0.717, 1.165) is 0 Å². The molecule has 2 aromatic rings. The van der Waals surface area contributed by atoms with Gasteiger partial charge in [-0.2, -0.15) is 0 Å². The molecule has 1 N–H and O–H groups in total. The van der Waals surface area contributed by atoms with Crippen LogP contribution in [0.15, 0.2) is 36.4 Å². The molecule has 0 atom stereocenters. The Morgan fingerprint density at radius 1 is 0.952 bits per heavy atom. The summed E-state index contributed by atoms with van der Waals surface area (Å²) in [6.07, 6.45) is 0. The molecule has 2 rings (SSSR count). The van der Waals surface area contributed by atoms with Gasteiger partial charge >= 0.3 is 0 Å². The Morgan fingerprint density at radius 2 is 1.57 bits per heavy atom. The quantitative estimate of drug-likeness (QED) is 0.889. The molecule has 0 radical (unpaired) electrons. The first kappa shape index (κ1) is 15.1. The lowest BCUT2D eigenvalue weighted by atomic mass is 10.2. The van der Waals surface area contributed by atoms with Crippen molar-refractivity contribution in [2.45, 2.75) is 13.2 Å². The number of hydrogen-bond acceptors (Lipinski definition) is 4. The van der Waals surface area contributed by atoms with Crippen LogP contribution in [0.25, 0.3) is 0 Å². The van der Waals surface area contributed by atoms with Crippen LogP contribution in [0.5, 0.6) is 17.2 Å². The average molecular weight is 292 g/mol. The van der Waals surface area contributed by atoms with Crippen molar-refractivity contribution < 1.29 is 23.7 Å². The van der Waals surface area contributed by atoms with Gasteiger partial charge in [0.15, 0.2) is 23.1 Å². The number of methoxy groups -OCH3 is 2. The summed E-state index contributed by atoms with van der Waals surface area (Å²) in [6, 6.07) is 10.0. The van der Waals surface area contributed by atoms with Crippen LogP contribution in [-0.4, -0.2) is 19.3 Å². The normalized spacial score (nSPS) is 10.3. The van der Waals surface area contributed by atoms with E-state index < -0.39 is 5.82 Å². The van der Waals surface area contributed by atoms with Gasteiger partial charge in [0, 0.05) is 11.1 Å². The lowest BCUT2D eigenvalue weighted by Gasteiger charge is -2.14. The first-order chi connectivity index (χ1) is 10.2. The molecule has 0 aliphatic rings. The van der Waals surface area contributed by atoms with Crippen molar-refractivity contribution in [3.8, 4) is 17.2 Å². The summed E-state index contributed by atoms with van der Waals surface area (Å²) >= 11 is 0. The molecule has 0 fully saturated rings. The molecule has 0 amide bonds. The third-order valence-corrected chi connectivity index (χ3v) is 3.09. The van der Waals surface area contributed by atoms with Gasteiger partial charge in [0.25, 0.3) is 0 Å². The maximum absolute atomic E-state index is 14.1. The van der Waals surface area contributed by atoms with Gasteiger partial charge in [-0.25, -0.2) is 4.39 Å². The molecule has 0 heterocycles. The highest BCUT2D eigenvalue weighted by Crippen LogP contribution is 2.32. The predicted molar refractivity (Wildman–Crippen MR) is 76.2 cm³/mol. The van der Waals surface area contributed by atoms with E-state index in [1.807, 2.05) is 0 Å². The van der Waals surface area contributed by atoms with Crippen LogP contribution < -0.4 is 14.2 Å². The molecule has 0 aromatic heterocycles. The van der Waals surface area contributed by atoms with E-state index in [0.29, 0.717) is 22.6 Å². The summed E-state index contributed by atoms with van der Waals surface area (Å²) in [4.78, 5) is 0. The highest BCUT2D eigenvalue weighted by Gasteiger charge is 2.13. The minimum absolute atomic E-state index is 0.0103. The topological polar surface area (TPSA) is 47.9 Å². The van der Waals surface area contributed by atoms with E-state index in [1.54, 1.807) is 36.4 Å². The third-order valence-electron chi connectivity index (χ3n) is 3.09. The molecule has 0 saturated heterocycles. The lowest BCUT2D eigenvalue weighted by Crippen LogP contribution is -2.03. The van der Waals surface area contributed by atoms with Gasteiger partial charge in [-0.3, -0.25) is 0 Å². The van der Waals surface area contributed by atoms with E-state index in [9.17, 15) is 9.50 Å². The number of benzene rings is 2. The van der Waals surface area contributed by atoms with Crippen LogP contribution in [0.1, 0.15) is 11.1 Å². The van der Waals surface area contributed by atoms with Crippen molar-refractivity contribution in [1.82, 2.24) is 0 Å². The number of hydrogen-bond donors (Lipinski definition) is 1. The van der Waals surface area contributed by atoms with Crippen molar-refractivity contribution in [2.75, 3.05) is 14.2 Å². The average Bonchev–Trinajstić information content (AvgIpc) is 2.53. The van der Waals surface area contributed by atoms with E-state index in [2.05, 4.69) is 0 Å². The minimum Gasteiger partial charge on any atom is -0.494 e. The molecule has 0 unspecified atom stereocenters. The third kappa shape index (κ3) is 3.25. The Kier molecular flexibility index (Phi) is 5.00. The molecule has 0 spiro atoms. The van der Waals surface area contributed by atoms with Gasteiger partial charge in [0.2, 0.25) is 0 Å². The van der Waals surface area contributed by atoms with Gasteiger partial charge in [0.1, 0.15) is 6.61 Å². The Labute approximate surface area is 122 Å². The van der Waals surface area contributed by atoms with Gasteiger partial charge < -0.3 is 19.3 Å². The van der Waals surface area contributed by atoms with Crippen molar-refractivity contribution in [3.05, 3.63) is 53.3 Å². The van der Waals surface area contributed by atoms with Crippen molar-refractivity contribution >= 4 is 0 Å². The first-order valence-corrected chi connectivity index (χ1v) is 6.42. The summed E-state index contributed by atoms with van der Waals surface area (Å²) in [5.41, 5.74) is 0.946. The van der Waals surface area contributed by atoms with E-state index in [4.69, 9.17) is 14.2 Å². The van der Waals surface area contributed by atoms with Crippen LogP contribution in [0.3, 0.4) is 0 Å². The molecule has 5 heteroatoms. The Balaban J connectivity index is 2.24. The van der Waals surface area contributed by atoms with Crippen molar-refractivity contribution in [2.24, 2.45) is 0 Å². The van der Waals surface area contributed by atoms with Crippen LogP contribution in [0.2, 0.25) is 0 Å². The Morgan fingerprint density at radius 3 is 2.19 bits per heavy atom. The number of halogens is 1. The minimum atomic E-state index is -0.458. The smallest absolute Gasteiger partial charge is 0.171 e. The zero-order valence-electron chi connectivity index (χ0n) is 11.9. The van der Waals surface area contributed by atoms with Gasteiger partial charge in [-0.05, 0) is 12.1 Å². The van der Waals surface area contributed by atoms with Crippen LogP contribution in [-0.2, 0) is 13.2 Å². The second kappa shape index (κ2) is 6.95. The second-order valence-corrected chi connectivity index (χ2v) is 4.33. The molecule has 112 valence electrons. The van der Waals surface area contributed by atoms with Crippen LogP contribution in [0.4, 0.5) is 4.39 Å². The second-order valence-electron chi connectivity index (χ2n) is 4.33. The standard InChI is InChI=1S/C16H17FO4/c1-19-13-7-4-6-12(15(13)17)10-21-16-11(9-18)5-3-8-14(16)20-2/h3-8,18H,9-10H2,1-2H3. The highest BCUT2D eigenvalue weighted by molar-refractivity contribution is 5.46. The summed E-state index contributed by atoms with van der Waals surface area (Å²) in [5, 5.41) is 9.34. The fraction of sp³-hybridized carbons (Fsp3) is 0.250. The predicted octanol–water partition coefficient (Wildman–Crippen LogP) is 2.91. The lowest BCUT2D eigenvalue weighted by molar-refractivity contribution is 0.247. The summed E-state index contributed by atoms with van der Waals surface area (Å²) in [5.74, 6) is 0.605. The monoisotopic (exact) mass is 292 g/mol. The Bertz CT molecular complexity index is 591. The molecule has 0 bridgehead atoms. The van der Waals surface area contributed by atoms with Gasteiger partial charge in [-0.1, -0.05) is 24.3 Å². The van der Waals surface area contributed by atoms with Crippen molar-refractivity contribution in [3.63, 3.8) is 0 Å². The fourth-order valence-corrected chi connectivity index (χ4v) is 1.99. The van der Waals surface area contributed by atoms with E-state index in [-0.39, 0.29) is 19.0 Å². The molecular formula is C16H17FO4. The first-order valence-electron chi connectivity index (χ1n) is 6.42. The number of rotatable bonds is 6. The zero-order valence-corrected chi connectivity index (χ0v) is 11.9. The molecule has 4 nitrogen and oxygen atoms in total. The number of para-hydroxylation sites is 1. The molecule has 0 aliphatic heterocycles. The SMILES string of the molecule is COc1cccc(COc2c(CO)cccc2OC)c1F. The number of aliphatic hydroxyl groups is 1. The van der Waals surface area contributed by atoms with E-state index in [1.165, 1.54) is 14.2 Å². The molecule has 0 aliphatic carbocycles. The molecule has 0 saturated carbocycles. The fourth-order valence-electron chi connectivity index (χ4n) is 1.99. The van der Waals surface area contributed by atoms with Gasteiger partial charge in [-0.15, -0.1) is 0 Å². The highest BCUT2D eigenvalue weighted by atomic mass is 19.1. The molecule has 2 aromatic carbocycles. The summed E-state index contributed by atoms with van der Waals surface area (Å²) < 4.78 is 29.8. The van der Waals surface area contributed by atoms with E-state index >= 15 is 0 Å². The summed E-state index contributed by atoms with van der Waals surface area (Å²) in [7, 11) is 2.92. The summed E-state index contributed by atoms with van der Waals surface area (Å²) in [6.45, 7) is -0.177. The maximum atomic E-state index is 14.1. The molecular weight excluding hydrogens is 275 g/mol. The van der Waals surface area contributed by atoms with Crippen LogP contribution >= 0.6 is 0 Å². The van der Waals surface area contributed by atoms with Crippen molar-refractivity contribution in [1.29, 1.82) is 0 Å². The largest absolute Gasteiger partial charge is 0.494 e. The zero-order chi connectivity index (χ0) is 15.2. The molecule has 21 heavy (non-hydrogen) atoms. The Hall–Kier alpha value is -2.27. The van der Waals surface area contributed by atoms with Crippen LogP contribution in [0, 0.1) is 5.82 Å². The maximum Gasteiger partial charge on any atom is 0.171 e.